The Morgan fingerprint density at radius 1 is 1.10 bits per heavy atom. The first-order valence-electron chi connectivity index (χ1n) is 6.22. The van der Waals surface area contributed by atoms with Gasteiger partial charge >= 0.3 is 0 Å². The van der Waals surface area contributed by atoms with Crippen LogP contribution in [0.4, 0.5) is 11.6 Å². The van der Waals surface area contributed by atoms with E-state index >= 15 is 0 Å². The van der Waals surface area contributed by atoms with Crippen molar-refractivity contribution in [3.63, 3.8) is 0 Å². The Morgan fingerprint density at radius 2 is 1.81 bits per heavy atom. The van der Waals surface area contributed by atoms with Gasteiger partial charge in [0.2, 0.25) is 0 Å². The van der Waals surface area contributed by atoms with Crippen LogP contribution in [0.2, 0.25) is 0 Å². The number of nitrogens with one attached hydrogen (secondary N) is 1. The van der Waals surface area contributed by atoms with Gasteiger partial charge in [-0.2, -0.15) is 0 Å². The predicted molar refractivity (Wildman–Crippen MR) is 70.9 cm³/mol. The molecule has 21 heavy (non-hydrogen) atoms. The van der Waals surface area contributed by atoms with Gasteiger partial charge in [0.15, 0.2) is 17.9 Å². The average Bonchev–Trinajstić information content (AvgIpc) is 2.76. The number of hydrogen-bond acceptors (Lipinski definition) is 10. The molecule has 0 bridgehead atoms. The van der Waals surface area contributed by atoms with Gasteiger partial charge in [-0.3, -0.25) is 0 Å². The van der Waals surface area contributed by atoms with E-state index < -0.39 is 31.1 Å². The lowest BCUT2D eigenvalue weighted by atomic mass is 10.1. The summed E-state index contributed by atoms with van der Waals surface area (Å²) in [7, 11) is 0. The zero-order valence-electron chi connectivity index (χ0n) is 10.8. The summed E-state index contributed by atoms with van der Waals surface area (Å²) in [6.45, 7) is -0.407. The van der Waals surface area contributed by atoms with Crippen LogP contribution in [0.1, 0.15) is 0 Å². The number of ether oxygens (including phenoxy) is 1. The van der Waals surface area contributed by atoms with E-state index in [9.17, 15) is 10.2 Å². The smallest absolute Gasteiger partial charge is 0.158 e. The van der Waals surface area contributed by atoms with Crippen molar-refractivity contribution in [2.75, 3.05) is 17.7 Å². The lowest BCUT2D eigenvalue weighted by Gasteiger charge is -2.17. The first-order valence-corrected chi connectivity index (χ1v) is 6.22. The molecule has 0 unspecified atom stereocenters. The molecule has 0 aliphatic carbocycles. The summed E-state index contributed by atoms with van der Waals surface area (Å²) in [6.07, 6.45) is -1.68. The van der Waals surface area contributed by atoms with Crippen LogP contribution in [-0.4, -0.2) is 66.4 Å². The zero-order valence-corrected chi connectivity index (χ0v) is 10.8. The first kappa shape index (κ1) is 13.8. The molecule has 10 nitrogen and oxygen atoms in total. The number of aliphatic hydroxyl groups is 3. The van der Waals surface area contributed by atoms with E-state index in [1.54, 1.807) is 0 Å². The number of nitrogens with two attached hydrogens (primary N) is 1. The minimum Gasteiger partial charge on any atom is -0.394 e. The first-order chi connectivity index (χ1) is 10.1. The fourth-order valence-electron chi connectivity index (χ4n) is 2.16. The van der Waals surface area contributed by atoms with Crippen LogP contribution < -0.4 is 11.1 Å². The normalized spacial score (nSPS) is 28.9. The van der Waals surface area contributed by atoms with Crippen LogP contribution >= 0.6 is 0 Å². The number of nitrogens with zero attached hydrogens (tertiary/aromatic N) is 4. The molecular formula is C11H14N6O4. The van der Waals surface area contributed by atoms with Gasteiger partial charge in [0.25, 0.3) is 0 Å². The van der Waals surface area contributed by atoms with Gasteiger partial charge in [0.05, 0.1) is 6.61 Å². The Morgan fingerprint density at radius 3 is 2.52 bits per heavy atom. The van der Waals surface area contributed by atoms with E-state index in [1.807, 2.05) is 0 Å². The van der Waals surface area contributed by atoms with Gasteiger partial charge in [-0.05, 0) is 0 Å². The van der Waals surface area contributed by atoms with Gasteiger partial charge in [0.1, 0.15) is 42.0 Å². The number of aliphatic hydroxyl groups excluding tert-OH is 3. The molecule has 1 fully saturated rings. The van der Waals surface area contributed by atoms with E-state index in [0.29, 0.717) is 11.0 Å². The van der Waals surface area contributed by atoms with Crippen molar-refractivity contribution < 1.29 is 20.1 Å². The third kappa shape index (κ3) is 2.34. The molecule has 6 N–H and O–H groups in total. The summed E-state index contributed by atoms with van der Waals surface area (Å²) >= 11 is 0. The Bertz CT molecular complexity index is 656. The molecule has 0 radical (unpaired) electrons. The molecule has 1 aliphatic heterocycles. The summed E-state index contributed by atoms with van der Waals surface area (Å²) in [5, 5.41) is 31.5. The highest BCUT2D eigenvalue weighted by Gasteiger charge is 2.42. The Balaban J connectivity index is 1.91. The second kappa shape index (κ2) is 5.33. The largest absolute Gasteiger partial charge is 0.394 e. The number of rotatable bonds is 3. The Labute approximate surface area is 118 Å². The van der Waals surface area contributed by atoms with E-state index in [4.69, 9.17) is 15.6 Å². The van der Waals surface area contributed by atoms with Gasteiger partial charge < -0.3 is 31.1 Å². The molecule has 112 valence electrons. The van der Waals surface area contributed by atoms with E-state index in [1.165, 1.54) is 12.7 Å². The SMILES string of the molecule is Nc1ncnc2c(N[C@@H]3O[C@H](CO)[C@@H](O)[C@@H]3O)ncnc12. The molecule has 1 aliphatic rings. The summed E-state index contributed by atoms with van der Waals surface area (Å²) in [6, 6.07) is 0. The summed E-state index contributed by atoms with van der Waals surface area (Å²) < 4.78 is 5.32. The highest BCUT2D eigenvalue weighted by atomic mass is 16.6. The summed E-state index contributed by atoms with van der Waals surface area (Å²) in [5.41, 5.74) is 6.43. The van der Waals surface area contributed by atoms with Gasteiger partial charge in [-0.15, -0.1) is 0 Å². The van der Waals surface area contributed by atoms with Crippen LogP contribution in [0.15, 0.2) is 12.7 Å². The average molecular weight is 294 g/mol. The van der Waals surface area contributed by atoms with Crippen molar-refractivity contribution >= 4 is 22.7 Å². The van der Waals surface area contributed by atoms with E-state index in [2.05, 4.69) is 25.3 Å². The van der Waals surface area contributed by atoms with Gasteiger partial charge in [-0.25, -0.2) is 19.9 Å². The maximum absolute atomic E-state index is 9.90. The molecule has 10 heteroatoms. The number of aromatic nitrogens is 4. The maximum Gasteiger partial charge on any atom is 0.158 e. The quantitative estimate of drug-likeness (QED) is 0.422. The van der Waals surface area contributed by atoms with Crippen molar-refractivity contribution in [2.24, 2.45) is 0 Å². The fraction of sp³-hybridized carbons (Fsp3) is 0.455. The monoisotopic (exact) mass is 294 g/mol. The minimum absolute atomic E-state index is 0.201. The molecule has 0 amide bonds. The summed E-state index contributed by atoms with van der Waals surface area (Å²) in [5.74, 6) is 0.482. The number of anilines is 2. The molecule has 1 saturated heterocycles. The highest BCUT2D eigenvalue weighted by Crippen LogP contribution is 2.25. The molecule has 0 aromatic carbocycles. The standard InChI is InChI=1S/C11H14N6O4/c12-9-5-6(14-2-15-9)10(16-3-13-5)17-11-8(20)7(19)4(1-18)21-11/h2-4,7-8,11,18-20H,1H2,(H2,12,14,15)(H,13,16,17)/t4-,7-,8+,11-/m1/s1. The van der Waals surface area contributed by atoms with Crippen LogP contribution in [0.3, 0.4) is 0 Å². The second-order valence-corrected chi connectivity index (χ2v) is 4.58. The van der Waals surface area contributed by atoms with Crippen LogP contribution in [0.5, 0.6) is 0 Å². The van der Waals surface area contributed by atoms with Gasteiger partial charge in [0, 0.05) is 0 Å². The van der Waals surface area contributed by atoms with Crippen molar-refractivity contribution in [3.05, 3.63) is 12.7 Å². The van der Waals surface area contributed by atoms with Crippen LogP contribution in [-0.2, 0) is 4.74 Å². The minimum atomic E-state index is -1.22. The third-order valence-corrected chi connectivity index (χ3v) is 3.27. The number of nitrogen functional groups attached to an aromatic ring is 1. The third-order valence-electron chi connectivity index (χ3n) is 3.27. The molecule has 4 atom stereocenters. The fourth-order valence-corrected chi connectivity index (χ4v) is 2.16. The summed E-state index contributed by atoms with van der Waals surface area (Å²) in [4.78, 5) is 15.9. The number of fused-ring (bicyclic) bond motifs is 1. The highest BCUT2D eigenvalue weighted by molar-refractivity contribution is 5.91. The molecule has 3 heterocycles. The number of hydrogen-bond donors (Lipinski definition) is 5. The van der Waals surface area contributed by atoms with Crippen molar-refractivity contribution in [3.8, 4) is 0 Å². The van der Waals surface area contributed by atoms with E-state index in [-0.39, 0.29) is 11.6 Å². The molecule has 2 aromatic rings. The lowest BCUT2D eigenvalue weighted by Crippen LogP contribution is -2.36. The molecular weight excluding hydrogens is 280 g/mol. The zero-order chi connectivity index (χ0) is 15.0. The van der Waals surface area contributed by atoms with Crippen molar-refractivity contribution in [2.45, 2.75) is 24.5 Å². The van der Waals surface area contributed by atoms with E-state index in [0.717, 1.165) is 0 Å². The molecule has 0 saturated carbocycles. The van der Waals surface area contributed by atoms with Crippen LogP contribution in [0.25, 0.3) is 11.0 Å². The molecule has 3 rings (SSSR count). The molecule has 2 aromatic heterocycles. The lowest BCUT2D eigenvalue weighted by molar-refractivity contribution is -0.0153. The van der Waals surface area contributed by atoms with Gasteiger partial charge in [-0.1, -0.05) is 0 Å². The van der Waals surface area contributed by atoms with Crippen molar-refractivity contribution in [1.29, 1.82) is 0 Å². The second-order valence-electron chi connectivity index (χ2n) is 4.58. The Kier molecular flexibility index (Phi) is 3.51. The molecule has 0 spiro atoms. The topological polar surface area (TPSA) is 160 Å². The maximum atomic E-state index is 9.90. The van der Waals surface area contributed by atoms with Crippen LogP contribution in [0, 0.1) is 0 Å². The Hall–Kier alpha value is -2.14. The predicted octanol–water partition coefficient (Wildman–Crippen LogP) is -2.15. The van der Waals surface area contributed by atoms with Crippen molar-refractivity contribution in [1.82, 2.24) is 19.9 Å².